The first kappa shape index (κ1) is 9.61. The van der Waals surface area contributed by atoms with Crippen LogP contribution in [0.4, 0.5) is 8.78 Å². The summed E-state index contributed by atoms with van der Waals surface area (Å²) in [5.41, 5.74) is -0.552. The minimum atomic E-state index is -3.09. The van der Waals surface area contributed by atoms with Crippen LogP contribution in [0.15, 0.2) is 6.33 Å². The van der Waals surface area contributed by atoms with Gasteiger partial charge in [0.2, 0.25) is 0 Å². The van der Waals surface area contributed by atoms with Crippen molar-refractivity contribution in [3.63, 3.8) is 0 Å². The predicted octanol–water partition coefficient (Wildman–Crippen LogP) is 2.90. The minimum Gasteiger partial charge on any atom is -0.233 e. The summed E-state index contributed by atoms with van der Waals surface area (Å²) < 4.78 is 25.3. The highest BCUT2D eigenvalue weighted by Crippen LogP contribution is 2.33. The maximum absolute atomic E-state index is 12.7. The first-order valence-electron chi connectivity index (χ1n) is 2.97. The van der Waals surface area contributed by atoms with Gasteiger partial charge < -0.3 is 0 Å². The van der Waals surface area contributed by atoms with Gasteiger partial charge in [-0.05, 0) is 0 Å². The van der Waals surface area contributed by atoms with Crippen LogP contribution in [-0.2, 0) is 5.92 Å². The number of rotatable bonds is 1. The van der Waals surface area contributed by atoms with E-state index in [9.17, 15) is 8.78 Å². The van der Waals surface area contributed by atoms with Crippen molar-refractivity contribution in [1.29, 1.82) is 0 Å². The van der Waals surface area contributed by atoms with Gasteiger partial charge in [0.15, 0.2) is 5.15 Å². The Hall–Kier alpha value is -0.480. The fourth-order valence-corrected chi connectivity index (χ4v) is 1.05. The van der Waals surface area contributed by atoms with Gasteiger partial charge >= 0.3 is 0 Å². The summed E-state index contributed by atoms with van der Waals surface area (Å²) in [4.78, 5) is 6.77. The molecule has 1 rings (SSSR count). The summed E-state index contributed by atoms with van der Waals surface area (Å²) >= 11 is 10.8. The maximum Gasteiger partial charge on any atom is 0.288 e. The smallest absolute Gasteiger partial charge is 0.233 e. The molecule has 0 saturated carbocycles. The third-order valence-electron chi connectivity index (χ3n) is 1.16. The lowest BCUT2D eigenvalue weighted by atomic mass is 10.2. The summed E-state index contributed by atoms with van der Waals surface area (Å²) in [6.45, 7) is 0.692. The third kappa shape index (κ3) is 1.81. The number of aromatic nitrogens is 2. The van der Waals surface area contributed by atoms with Crippen LogP contribution in [0, 0.1) is 0 Å². The lowest BCUT2D eigenvalue weighted by Crippen LogP contribution is -2.11. The van der Waals surface area contributed by atoms with E-state index in [-0.39, 0.29) is 10.2 Å². The van der Waals surface area contributed by atoms with Crippen LogP contribution in [0.25, 0.3) is 0 Å². The molecule has 66 valence electrons. The molecule has 0 fully saturated rings. The minimum absolute atomic E-state index is 0.164. The van der Waals surface area contributed by atoms with E-state index >= 15 is 0 Å². The van der Waals surface area contributed by atoms with Crippen LogP contribution >= 0.6 is 23.2 Å². The largest absolute Gasteiger partial charge is 0.288 e. The molecule has 0 aliphatic rings. The Morgan fingerprint density at radius 1 is 1.33 bits per heavy atom. The second kappa shape index (κ2) is 3.11. The molecule has 12 heavy (non-hydrogen) atoms. The summed E-state index contributed by atoms with van der Waals surface area (Å²) in [5, 5.41) is -0.463. The van der Waals surface area contributed by atoms with Crippen molar-refractivity contribution in [2.24, 2.45) is 0 Å². The van der Waals surface area contributed by atoms with Crippen LogP contribution in [0.1, 0.15) is 12.6 Å². The normalized spacial score (nSPS) is 11.8. The molecular weight excluding hydrogens is 209 g/mol. The fraction of sp³-hybridized carbons (Fsp3) is 0.333. The Morgan fingerprint density at radius 2 is 1.92 bits per heavy atom. The maximum atomic E-state index is 12.7. The van der Waals surface area contributed by atoms with E-state index in [4.69, 9.17) is 23.2 Å². The van der Waals surface area contributed by atoms with E-state index < -0.39 is 11.6 Å². The quantitative estimate of drug-likeness (QED) is 0.670. The summed E-state index contributed by atoms with van der Waals surface area (Å²) in [7, 11) is 0. The second-order valence-corrected chi connectivity index (χ2v) is 2.95. The van der Waals surface area contributed by atoms with Gasteiger partial charge in [-0.2, -0.15) is 8.78 Å². The van der Waals surface area contributed by atoms with Crippen molar-refractivity contribution in [3.8, 4) is 0 Å². The molecule has 0 atom stereocenters. The Balaban J connectivity index is 3.26. The summed E-state index contributed by atoms with van der Waals surface area (Å²) in [5.74, 6) is -3.09. The van der Waals surface area contributed by atoms with E-state index in [1.165, 1.54) is 0 Å². The van der Waals surface area contributed by atoms with Crippen molar-refractivity contribution >= 4 is 23.2 Å². The molecule has 0 aliphatic carbocycles. The average Bonchev–Trinajstić information content (AvgIpc) is 1.92. The van der Waals surface area contributed by atoms with Gasteiger partial charge in [-0.15, -0.1) is 0 Å². The number of halogens is 4. The predicted molar refractivity (Wildman–Crippen MR) is 41.6 cm³/mol. The van der Waals surface area contributed by atoms with E-state index in [2.05, 4.69) is 9.97 Å². The van der Waals surface area contributed by atoms with Crippen molar-refractivity contribution in [2.75, 3.05) is 0 Å². The van der Waals surface area contributed by atoms with Gasteiger partial charge in [-0.1, -0.05) is 23.2 Å². The standard InChI is InChI=1S/C6H4Cl2F2N2/c1-6(9,10)4-3(7)5(8)12-2-11-4/h2H,1H3. The van der Waals surface area contributed by atoms with Gasteiger partial charge in [0.1, 0.15) is 17.0 Å². The number of nitrogens with zero attached hydrogens (tertiary/aromatic N) is 2. The lowest BCUT2D eigenvalue weighted by molar-refractivity contribution is 0.0127. The molecule has 0 radical (unpaired) electrons. The van der Waals surface area contributed by atoms with E-state index in [0.717, 1.165) is 6.33 Å². The van der Waals surface area contributed by atoms with Crippen LogP contribution < -0.4 is 0 Å². The van der Waals surface area contributed by atoms with Crippen LogP contribution in [0.2, 0.25) is 10.2 Å². The highest BCUT2D eigenvalue weighted by atomic mass is 35.5. The van der Waals surface area contributed by atoms with Crippen LogP contribution in [0.5, 0.6) is 0 Å². The van der Waals surface area contributed by atoms with Crippen LogP contribution in [0.3, 0.4) is 0 Å². The monoisotopic (exact) mass is 212 g/mol. The zero-order chi connectivity index (χ0) is 9.35. The zero-order valence-electron chi connectivity index (χ0n) is 5.98. The molecule has 0 amide bonds. The Labute approximate surface area is 77.5 Å². The second-order valence-electron chi connectivity index (χ2n) is 2.22. The first-order valence-corrected chi connectivity index (χ1v) is 3.73. The van der Waals surface area contributed by atoms with Gasteiger partial charge in [0.25, 0.3) is 5.92 Å². The molecule has 0 aromatic carbocycles. The molecule has 0 N–H and O–H groups in total. The topological polar surface area (TPSA) is 25.8 Å². The molecule has 1 heterocycles. The van der Waals surface area contributed by atoms with E-state index in [0.29, 0.717) is 6.92 Å². The number of hydrogen-bond donors (Lipinski definition) is 0. The van der Waals surface area contributed by atoms with Crippen molar-refractivity contribution in [2.45, 2.75) is 12.8 Å². The summed E-state index contributed by atoms with van der Waals surface area (Å²) in [6.07, 6.45) is 0.945. The Bertz CT molecular complexity index is 298. The SMILES string of the molecule is CC(F)(F)c1ncnc(Cl)c1Cl. The number of hydrogen-bond acceptors (Lipinski definition) is 2. The molecular formula is C6H4Cl2F2N2. The van der Waals surface area contributed by atoms with Crippen molar-refractivity contribution < 1.29 is 8.78 Å². The van der Waals surface area contributed by atoms with E-state index in [1.54, 1.807) is 0 Å². The molecule has 2 nitrogen and oxygen atoms in total. The molecule has 0 bridgehead atoms. The zero-order valence-corrected chi connectivity index (χ0v) is 7.50. The van der Waals surface area contributed by atoms with Gasteiger partial charge in [-0.25, -0.2) is 9.97 Å². The molecule has 1 aromatic heterocycles. The molecule has 0 unspecified atom stereocenters. The van der Waals surface area contributed by atoms with E-state index in [1.807, 2.05) is 0 Å². The highest BCUT2D eigenvalue weighted by molar-refractivity contribution is 6.41. The first-order chi connectivity index (χ1) is 5.43. The van der Waals surface area contributed by atoms with Gasteiger partial charge in [0, 0.05) is 6.92 Å². The molecule has 0 saturated heterocycles. The number of alkyl halides is 2. The average molecular weight is 213 g/mol. The van der Waals surface area contributed by atoms with Crippen LogP contribution in [-0.4, -0.2) is 9.97 Å². The van der Waals surface area contributed by atoms with Crippen molar-refractivity contribution in [3.05, 3.63) is 22.2 Å². The van der Waals surface area contributed by atoms with Crippen molar-refractivity contribution in [1.82, 2.24) is 9.97 Å². The van der Waals surface area contributed by atoms with Gasteiger partial charge in [-0.3, -0.25) is 0 Å². The highest BCUT2D eigenvalue weighted by Gasteiger charge is 2.30. The van der Waals surface area contributed by atoms with Gasteiger partial charge in [0.05, 0.1) is 0 Å². The molecule has 0 spiro atoms. The Kier molecular flexibility index (Phi) is 2.49. The Morgan fingerprint density at radius 3 is 2.33 bits per heavy atom. The summed E-state index contributed by atoms with van der Waals surface area (Å²) in [6, 6.07) is 0. The fourth-order valence-electron chi connectivity index (χ4n) is 0.654. The lowest BCUT2D eigenvalue weighted by Gasteiger charge is -2.10. The molecule has 0 aliphatic heterocycles. The third-order valence-corrected chi connectivity index (χ3v) is 1.90. The molecule has 1 aromatic rings. The molecule has 6 heteroatoms.